The van der Waals surface area contributed by atoms with Crippen LogP contribution in [0.2, 0.25) is 0 Å². The first-order valence-electron chi connectivity index (χ1n) is 7.41. The molecule has 0 heterocycles. The predicted octanol–water partition coefficient (Wildman–Crippen LogP) is 4.48. The maximum absolute atomic E-state index is 3.76. The Kier molecular flexibility index (Phi) is 7.13. The molecule has 0 bridgehead atoms. The molecule has 0 aliphatic rings. The van der Waals surface area contributed by atoms with Gasteiger partial charge in [-0.3, -0.25) is 0 Å². The number of benzene rings is 2. The first-order valence-corrected chi connectivity index (χ1v) is 8.56. The van der Waals surface area contributed by atoms with E-state index in [2.05, 4.69) is 72.6 Å². The Hall–Kier alpha value is -1.51. The van der Waals surface area contributed by atoms with Gasteiger partial charge in [-0.15, -0.1) is 6.58 Å². The van der Waals surface area contributed by atoms with Crippen molar-refractivity contribution in [1.29, 1.82) is 0 Å². The van der Waals surface area contributed by atoms with E-state index < -0.39 is 0 Å². The Bertz CT molecular complexity index is 510. The first-order chi connectivity index (χ1) is 10.4. The Labute approximate surface area is 132 Å². The van der Waals surface area contributed by atoms with Gasteiger partial charge in [0.05, 0.1) is 0 Å². The lowest BCUT2D eigenvalue weighted by molar-refractivity contribution is 0.552. The monoisotopic (exact) mass is 297 g/mol. The van der Waals surface area contributed by atoms with Crippen LogP contribution in [0.25, 0.3) is 0 Å². The van der Waals surface area contributed by atoms with Crippen LogP contribution in [0, 0.1) is 0 Å². The van der Waals surface area contributed by atoms with E-state index in [-0.39, 0.29) is 0 Å². The summed E-state index contributed by atoms with van der Waals surface area (Å²) >= 11 is 1.92. The molecule has 1 N–H and O–H groups in total. The molecule has 0 aliphatic carbocycles. The molecule has 2 heteroatoms. The van der Waals surface area contributed by atoms with Gasteiger partial charge >= 0.3 is 0 Å². The van der Waals surface area contributed by atoms with E-state index in [9.17, 15) is 0 Å². The second kappa shape index (κ2) is 9.43. The summed E-state index contributed by atoms with van der Waals surface area (Å²) in [6.45, 7) is 4.77. The van der Waals surface area contributed by atoms with Crippen LogP contribution in [0.1, 0.15) is 17.2 Å². The molecule has 2 aromatic rings. The minimum Gasteiger partial charge on any atom is -0.309 e. The highest BCUT2D eigenvalue weighted by Crippen LogP contribution is 2.18. The molecule has 1 nitrogen and oxygen atoms in total. The zero-order chi connectivity index (χ0) is 14.8. The van der Waals surface area contributed by atoms with Crippen molar-refractivity contribution in [3.05, 3.63) is 84.4 Å². The third-order valence-corrected chi connectivity index (χ3v) is 4.32. The molecule has 2 aromatic carbocycles. The average molecular weight is 297 g/mol. The molecule has 0 radical (unpaired) electrons. The number of nitrogens with one attached hydrogen (secondary N) is 1. The fourth-order valence-corrected chi connectivity index (χ4v) is 2.91. The first kappa shape index (κ1) is 15.9. The van der Waals surface area contributed by atoms with Gasteiger partial charge < -0.3 is 5.32 Å². The highest BCUT2D eigenvalue weighted by molar-refractivity contribution is 7.99. The van der Waals surface area contributed by atoms with Crippen molar-refractivity contribution in [3.63, 3.8) is 0 Å². The fourth-order valence-electron chi connectivity index (χ4n) is 2.32. The topological polar surface area (TPSA) is 12.0 Å². The largest absolute Gasteiger partial charge is 0.309 e. The smallest absolute Gasteiger partial charge is 0.0361 e. The average Bonchev–Trinajstić information content (AvgIpc) is 2.55. The summed E-state index contributed by atoms with van der Waals surface area (Å²) in [5.41, 5.74) is 2.73. The normalized spacial score (nSPS) is 12.0. The van der Waals surface area contributed by atoms with E-state index in [1.54, 1.807) is 0 Å². The van der Waals surface area contributed by atoms with Gasteiger partial charge in [0.25, 0.3) is 0 Å². The zero-order valence-corrected chi connectivity index (χ0v) is 13.2. The van der Waals surface area contributed by atoms with Crippen molar-refractivity contribution in [3.8, 4) is 0 Å². The van der Waals surface area contributed by atoms with Gasteiger partial charge in [-0.05, 0) is 17.5 Å². The lowest BCUT2D eigenvalue weighted by Crippen LogP contribution is -2.25. The van der Waals surface area contributed by atoms with Crippen LogP contribution in [-0.2, 0) is 6.42 Å². The highest BCUT2D eigenvalue weighted by Gasteiger charge is 2.11. The van der Waals surface area contributed by atoms with Crippen LogP contribution in [-0.4, -0.2) is 18.1 Å². The summed E-state index contributed by atoms with van der Waals surface area (Å²) in [6.07, 6.45) is 2.99. The molecule has 0 amide bonds. The Morgan fingerprint density at radius 2 is 1.67 bits per heavy atom. The van der Waals surface area contributed by atoms with Gasteiger partial charge in [-0.25, -0.2) is 0 Å². The summed E-state index contributed by atoms with van der Waals surface area (Å²) in [6, 6.07) is 21.8. The van der Waals surface area contributed by atoms with Crippen LogP contribution < -0.4 is 5.32 Å². The molecule has 1 atom stereocenters. The van der Waals surface area contributed by atoms with Crippen molar-refractivity contribution in [2.24, 2.45) is 0 Å². The molecule has 0 fully saturated rings. The molecule has 21 heavy (non-hydrogen) atoms. The lowest BCUT2D eigenvalue weighted by atomic mass is 9.99. The molecule has 110 valence electrons. The van der Waals surface area contributed by atoms with Crippen LogP contribution in [0.4, 0.5) is 0 Å². The molecule has 0 spiro atoms. The fraction of sp³-hybridized carbons (Fsp3) is 0.263. The maximum atomic E-state index is 3.76. The molecule has 0 saturated heterocycles. The van der Waals surface area contributed by atoms with Crippen LogP contribution in [0.15, 0.2) is 73.3 Å². The molecule has 0 saturated carbocycles. The van der Waals surface area contributed by atoms with E-state index >= 15 is 0 Å². The van der Waals surface area contributed by atoms with Crippen LogP contribution in [0.3, 0.4) is 0 Å². The predicted molar refractivity (Wildman–Crippen MR) is 94.9 cm³/mol. The Morgan fingerprint density at radius 3 is 2.33 bits per heavy atom. The third kappa shape index (κ3) is 5.78. The summed E-state index contributed by atoms with van der Waals surface area (Å²) in [7, 11) is 0. The van der Waals surface area contributed by atoms with Gasteiger partial charge in [-0.1, -0.05) is 66.7 Å². The van der Waals surface area contributed by atoms with E-state index in [1.807, 2.05) is 17.8 Å². The van der Waals surface area contributed by atoms with E-state index in [4.69, 9.17) is 0 Å². The number of rotatable bonds is 9. The van der Waals surface area contributed by atoms with Gasteiger partial charge in [0.15, 0.2) is 0 Å². The Balaban J connectivity index is 1.96. The van der Waals surface area contributed by atoms with Crippen molar-refractivity contribution >= 4 is 11.8 Å². The van der Waals surface area contributed by atoms with Crippen molar-refractivity contribution in [1.82, 2.24) is 5.32 Å². The highest BCUT2D eigenvalue weighted by atomic mass is 32.2. The van der Waals surface area contributed by atoms with Gasteiger partial charge in [0.1, 0.15) is 0 Å². The molecule has 0 aromatic heterocycles. The summed E-state index contributed by atoms with van der Waals surface area (Å²) < 4.78 is 0. The SMILES string of the molecule is C=CCSCCNC(Cc1ccccc1)c1ccccc1. The van der Waals surface area contributed by atoms with Gasteiger partial charge in [0, 0.05) is 24.1 Å². The second-order valence-corrected chi connectivity index (χ2v) is 6.12. The minimum atomic E-state index is 0.373. The summed E-state index contributed by atoms with van der Waals surface area (Å²) in [4.78, 5) is 0. The number of hydrogen-bond acceptors (Lipinski definition) is 2. The molecular weight excluding hydrogens is 274 g/mol. The van der Waals surface area contributed by atoms with Crippen molar-refractivity contribution < 1.29 is 0 Å². The molecular formula is C19H23NS. The molecule has 2 rings (SSSR count). The van der Waals surface area contributed by atoms with Crippen LogP contribution in [0.5, 0.6) is 0 Å². The molecule has 0 aliphatic heterocycles. The van der Waals surface area contributed by atoms with Crippen LogP contribution >= 0.6 is 11.8 Å². The van der Waals surface area contributed by atoms with Gasteiger partial charge in [0.2, 0.25) is 0 Å². The third-order valence-electron chi connectivity index (χ3n) is 3.36. The minimum absolute atomic E-state index is 0.373. The quantitative estimate of drug-likeness (QED) is 0.541. The zero-order valence-electron chi connectivity index (χ0n) is 12.4. The van der Waals surface area contributed by atoms with E-state index in [1.165, 1.54) is 11.1 Å². The summed E-state index contributed by atoms with van der Waals surface area (Å²) in [5, 5.41) is 3.69. The van der Waals surface area contributed by atoms with E-state index in [0.717, 1.165) is 24.5 Å². The summed E-state index contributed by atoms with van der Waals surface area (Å²) in [5.74, 6) is 2.14. The number of hydrogen-bond donors (Lipinski definition) is 1. The second-order valence-electron chi connectivity index (χ2n) is 4.97. The standard InChI is InChI=1S/C19H23NS/c1-2-14-21-15-13-20-19(18-11-7-4-8-12-18)16-17-9-5-3-6-10-17/h2-12,19-20H,1,13-16H2. The molecule has 1 unspecified atom stereocenters. The van der Waals surface area contributed by atoms with Crippen molar-refractivity contribution in [2.45, 2.75) is 12.5 Å². The van der Waals surface area contributed by atoms with E-state index in [0.29, 0.717) is 6.04 Å². The van der Waals surface area contributed by atoms with Crippen molar-refractivity contribution in [2.75, 3.05) is 18.1 Å². The number of thioether (sulfide) groups is 1. The van der Waals surface area contributed by atoms with Gasteiger partial charge in [-0.2, -0.15) is 11.8 Å². The lowest BCUT2D eigenvalue weighted by Gasteiger charge is -2.19. The Morgan fingerprint density at radius 1 is 1.00 bits per heavy atom. The maximum Gasteiger partial charge on any atom is 0.0361 e.